The summed E-state index contributed by atoms with van der Waals surface area (Å²) >= 11 is 1.19. The van der Waals surface area contributed by atoms with Gasteiger partial charge in [-0.15, -0.1) is 11.8 Å². The van der Waals surface area contributed by atoms with E-state index in [0.29, 0.717) is 16.1 Å². The van der Waals surface area contributed by atoms with Crippen LogP contribution in [-0.4, -0.2) is 16.7 Å². The molecule has 0 bridgehead atoms. The van der Waals surface area contributed by atoms with Gasteiger partial charge in [0.1, 0.15) is 5.25 Å². The lowest BCUT2D eigenvalue weighted by molar-refractivity contribution is -0.384. The highest BCUT2D eigenvalue weighted by atomic mass is 32.2. The molecule has 2 N–H and O–H groups in total. The number of anilines is 2. The van der Waals surface area contributed by atoms with Crippen molar-refractivity contribution in [3.63, 3.8) is 0 Å². The van der Waals surface area contributed by atoms with Gasteiger partial charge in [-0.3, -0.25) is 19.7 Å². The summed E-state index contributed by atoms with van der Waals surface area (Å²) in [6.07, 6.45) is -4.54. The highest BCUT2D eigenvalue weighted by molar-refractivity contribution is 8.00. The van der Waals surface area contributed by atoms with Crippen LogP contribution < -0.4 is 10.6 Å². The van der Waals surface area contributed by atoms with Crippen LogP contribution >= 0.6 is 11.8 Å². The van der Waals surface area contributed by atoms with Gasteiger partial charge in [-0.05, 0) is 54.1 Å². The van der Waals surface area contributed by atoms with E-state index in [2.05, 4.69) is 10.6 Å². The van der Waals surface area contributed by atoms with Gasteiger partial charge in [0, 0.05) is 34.0 Å². The van der Waals surface area contributed by atoms with Gasteiger partial charge in [0.2, 0.25) is 5.91 Å². The number of hydrogen-bond donors (Lipinski definition) is 2. The zero-order valence-corrected chi connectivity index (χ0v) is 20.8. The Balaban J connectivity index is 1.49. The van der Waals surface area contributed by atoms with E-state index in [9.17, 15) is 32.9 Å². The number of carbonyl (C=O) groups excluding carboxylic acids is 2. The third-order valence-electron chi connectivity index (χ3n) is 5.48. The zero-order chi connectivity index (χ0) is 28.0. The summed E-state index contributed by atoms with van der Waals surface area (Å²) in [5.41, 5.74) is 0.154. The summed E-state index contributed by atoms with van der Waals surface area (Å²) in [5, 5.41) is 15.4. The van der Waals surface area contributed by atoms with Crippen molar-refractivity contribution in [3.8, 4) is 0 Å². The first-order valence-electron chi connectivity index (χ1n) is 11.5. The van der Waals surface area contributed by atoms with Gasteiger partial charge in [-0.2, -0.15) is 13.2 Å². The first-order valence-corrected chi connectivity index (χ1v) is 12.3. The van der Waals surface area contributed by atoms with Crippen molar-refractivity contribution in [1.82, 2.24) is 0 Å². The summed E-state index contributed by atoms with van der Waals surface area (Å²) in [4.78, 5) is 36.8. The van der Waals surface area contributed by atoms with Crippen molar-refractivity contribution >= 4 is 40.6 Å². The number of nitro benzene ring substituents is 1. The number of nitro groups is 1. The number of halogens is 3. The molecule has 11 heteroatoms. The molecule has 39 heavy (non-hydrogen) atoms. The van der Waals surface area contributed by atoms with Crippen molar-refractivity contribution < 1.29 is 27.7 Å². The Bertz CT molecular complexity index is 1500. The third-order valence-corrected chi connectivity index (χ3v) is 6.75. The fourth-order valence-corrected chi connectivity index (χ4v) is 4.62. The van der Waals surface area contributed by atoms with Crippen LogP contribution in [-0.2, 0) is 11.0 Å². The first-order chi connectivity index (χ1) is 18.6. The molecule has 7 nitrogen and oxygen atoms in total. The molecule has 1 atom stereocenters. The maximum Gasteiger partial charge on any atom is 0.416 e. The van der Waals surface area contributed by atoms with Crippen LogP contribution in [0.4, 0.5) is 30.2 Å². The van der Waals surface area contributed by atoms with Gasteiger partial charge in [-0.25, -0.2) is 0 Å². The number of non-ortho nitro benzene ring substituents is 1. The zero-order valence-electron chi connectivity index (χ0n) is 20.0. The number of nitrogens with one attached hydrogen (secondary N) is 2. The van der Waals surface area contributed by atoms with Crippen LogP contribution in [0.25, 0.3) is 0 Å². The van der Waals surface area contributed by atoms with Crippen molar-refractivity contribution in [2.75, 3.05) is 10.6 Å². The lowest BCUT2D eigenvalue weighted by Gasteiger charge is -2.18. The number of hydrogen-bond acceptors (Lipinski definition) is 5. The van der Waals surface area contributed by atoms with E-state index < -0.39 is 33.7 Å². The number of rotatable bonds is 8. The second kappa shape index (κ2) is 11.8. The van der Waals surface area contributed by atoms with Gasteiger partial charge in [0.15, 0.2) is 0 Å². The quantitative estimate of drug-likeness (QED) is 0.136. The maximum atomic E-state index is 13.2. The molecule has 0 heterocycles. The first kappa shape index (κ1) is 27.4. The van der Waals surface area contributed by atoms with Gasteiger partial charge in [0.05, 0.1) is 10.5 Å². The largest absolute Gasteiger partial charge is 0.416 e. The minimum absolute atomic E-state index is 0.0237. The molecular formula is C28H20F3N3O4S. The van der Waals surface area contributed by atoms with Crippen molar-refractivity contribution in [2.24, 2.45) is 0 Å². The minimum atomic E-state index is -4.54. The van der Waals surface area contributed by atoms with Crippen LogP contribution in [0.2, 0.25) is 0 Å². The molecule has 0 aromatic heterocycles. The summed E-state index contributed by atoms with van der Waals surface area (Å²) in [5.74, 6) is -1.03. The summed E-state index contributed by atoms with van der Waals surface area (Å²) in [6, 6.07) is 25.1. The highest BCUT2D eigenvalue weighted by Crippen LogP contribution is 2.37. The standard InChI is InChI=1S/C28H20F3N3O4S/c29-28(30,31)20-9-5-10-22(17-20)33-27(36)25(18-6-2-1-3-7-18)39-24-14-12-21(13-15-24)32-26(35)19-8-4-11-23(16-19)34(37)38/h1-17,25H,(H,32,35)(H,33,36). The Labute approximate surface area is 225 Å². The van der Waals surface area contributed by atoms with Crippen LogP contribution in [0.1, 0.15) is 26.7 Å². The molecule has 0 aliphatic heterocycles. The molecule has 4 rings (SSSR count). The average Bonchev–Trinajstić information content (AvgIpc) is 2.92. The highest BCUT2D eigenvalue weighted by Gasteiger charge is 2.31. The summed E-state index contributed by atoms with van der Waals surface area (Å²) < 4.78 is 39.3. The number of alkyl halides is 3. The Hall–Kier alpha value is -4.64. The lowest BCUT2D eigenvalue weighted by atomic mass is 10.1. The molecule has 0 saturated heterocycles. The Morgan fingerprint density at radius 3 is 2.15 bits per heavy atom. The fourth-order valence-electron chi connectivity index (χ4n) is 3.60. The van der Waals surface area contributed by atoms with Crippen LogP contribution in [0, 0.1) is 10.1 Å². The van der Waals surface area contributed by atoms with Crippen LogP contribution in [0.5, 0.6) is 0 Å². The van der Waals surface area contributed by atoms with Crippen LogP contribution in [0.15, 0.2) is 108 Å². The molecule has 0 aliphatic carbocycles. The molecular weight excluding hydrogens is 531 g/mol. The van der Waals surface area contributed by atoms with E-state index in [1.807, 2.05) is 0 Å². The van der Waals surface area contributed by atoms with E-state index in [1.54, 1.807) is 54.6 Å². The van der Waals surface area contributed by atoms with Gasteiger partial charge in [-0.1, -0.05) is 42.5 Å². The Morgan fingerprint density at radius 2 is 1.49 bits per heavy atom. The predicted molar refractivity (Wildman–Crippen MR) is 143 cm³/mol. The monoisotopic (exact) mass is 551 g/mol. The molecule has 0 fully saturated rings. The number of carbonyl (C=O) groups is 2. The normalized spacial score (nSPS) is 11.9. The number of benzene rings is 4. The molecule has 0 saturated carbocycles. The number of thioether (sulfide) groups is 1. The predicted octanol–water partition coefficient (Wildman–Crippen LogP) is 7.34. The molecule has 0 radical (unpaired) electrons. The maximum absolute atomic E-state index is 13.2. The molecule has 4 aromatic rings. The summed E-state index contributed by atoms with van der Waals surface area (Å²) in [7, 11) is 0. The molecule has 2 amide bonds. The SMILES string of the molecule is O=C(Nc1ccc(SC(C(=O)Nc2cccc(C(F)(F)F)c2)c2ccccc2)cc1)c1cccc([N+](=O)[O-])c1. The number of amides is 2. The molecule has 198 valence electrons. The Morgan fingerprint density at radius 1 is 0.795 bits per heavy atom. The van der Waals surface area contributed by atoms with Crippen molar-refractivity contribution in [1.29, 1.82) is 0 Å². The van der Waals surface area contributed by atoms with E-state index >= 15 is 0 Å². The third kappa shape index (κ3) is 7.23. The second-order valence-corrected chi connectivity index (χ2v) is 9.44. The smallest absolute Gasteiger partial charge is 0.325 e. The molecule has 1 unspecified atom stereocenters. The lowest BCUT2D eigenvalue weighted by Crippen LogP contribution is -2.19. The van der Waals surface area contributed by atoms with Crippen LogP contribution in [0.3, 0.4) is 0 Å². The fraction of sp³-hybridized carbons (Fsp3) is 0.0714. The van der Waals surface area contributed by atoms with Crippen molar-refractivity contribution in [2.45, 2.75) is 16.3 Å². The second-order valence-electron chi connectivity index (χ2n) is 8.26. The molecule has 0 aliphatic rings. The van der Waals surface area contributed by atoms with E-state index in [-0.39, 0.29) is 16.9 Å². The average molecular weight is 552 g/mol. The topological polar surface area (TPSA) is 101 Å². The summed E-state index contributed by atoms with van der Waals surface area (Å²) in [6.45, 7) is 0. The molecule has 4 aromatic carbocycles. The minimum Gasteiger partial charge on any atom is -0.325 e. The Kier molecular flexibility index (Phi) is 8.30. The van der Waals surface area contributed by atoms with Crippen molar-refractivity contribution in [3.05, 3.63) is 130 Å². The molecule has 0 spiro atoms. The van der Waals surface area contributed by atoms with Gasteiger partial charge < -0.3 is 10.6 Å². The van der Waals surface area contributed by atoms with Gasteiger partial charge >= 0.3 is 6.18 Å². The number of nitrogens with zero attached hydrogens (tertiary/aromatic N) is 1. The van der Waals surface area contributed by atoms with E-state index in [1.165, 1.54) is 48.2 Å². The van der Waals surface area contributed by atoms with E-state index in [0.717, 1.165) is 12.1 Å². The van der Waals surface area contributed by atoms with Gasteiger partial charge in [0.25, 0.3) is 11.6 Å². The van der Waals surface area contributed by atoms with E-state index in [4.69, 9.17) is 0 Å².